The fourth-order valence-electron chi connectivity index (χ4n) is 1.68. The number of aromatic nitrogens is 3. The highest BCUT2D eigenvalue weighted by Gasteiger charge is 2.12. The highest BCUT2D eigenvalue weighted by molar-refractivity contribution is 9.13. The van der Waals surface area contributed by atoms with Crippen molar-refractivity contribution >= 4 is 54.8 Å². The van der Waals surface area contributed by atoms with E-state index in [1.54, 1.807) is 18.5 Å². The van der Waals surface area contributed by atoms with Crippen LogP contribution in [-0.2, 0) is 0 Å². The maximum Gasteiger partial charge on any atom is 0.265 e. The van der Waals surface area contributed by atoms with Crippen molar-refractivity contribution in [1.82, 2.24) is 15.0 Å². The standard InChI is InChI=1S/C13H8Br2N4OS/c14-10-7-11(21-12(10)15)13(20)18-8-1-3-9(4-2-8)19-16-5-6-17-19/h1-7H,(H,18,20). The van der Waals surface area contributed by atoms with E-state index in [-0.39, 0.29) is 5.91 Å². The molecule has 106 valence electrons. The van der Waals surface area contributed by atoms with E-state index in [0.717, 1.165) is 19.6 Å². The number of nitrogens with zero attached hydrogens (tertiary/aromatic N) is 3. The molecule has 3 aromatic rings. The molecule has 0 aliphatic carbocycles. The average Bonchev–Trinajstić information content (AvgIpc) is 3.11. The molecule has 0 saturated carbocycles. The van der Waals surface area contributed by atoms with E-state index in [1.165, 1.54) is 16.1 Å². The van der Waals surface area contributed by atoms with Crippen molar-refractivity contribution in [2.45, 2.75) is 0 Å². The minimum absolute atomic E-state index is 0.142. The maximum atomic E-state index is 12.1. The Balaban J connectivity index is 1.74. The zero-order valence-electron chi connectivity index (χ0n) is 10.5. The first-order valence-corrected chi connectivity index (χ1v) is 8.26. The number of rotatable bonds is 3. The van der Waals surface area contributed by atoms with Crippen molar-refractivity contribution in [2.24, 2.45) is 0 Å². The van der Waals surface area contributed by atoms with Gasteiger partial charge in [0.05, 0.1) is 26.7 Å². The zero-order valence-corrected chi connectivity index (χ0v) is 14.4. The van der Waals surface area contributed by atoms with Crippen molar-refractivity contribution in [3.63, 3.8) is 0 Å². The summed E-state index contributed by atoms with van der Waals surface area (Å²) in [6.45, 7) is 0. The fraction of sp³-hybridized carbons (Fsp3) is 0. The van der Waals surface area contributed by atoms with E-state index in [0.29, 0.717) is 4.88 Å². The summed E-state index contributed by atoms with van der Waals surface area (Å²) >= 11 is 8.12. The Morgan fingerprint density at radius 1 is 1.14 bits per heavy atom. The molecule has 0 aliphatic rings. The summed E-state index contributed by atoms with van der Waals surface area (Å²) in [5.74, 6) is -0.142. The molecule has 0 aliphatic heterocycles. The van der Waals surface area contributed by atoms with Crippen LogP contribution in [0.3, 0.4) is 0 Å². The molecule has 0 unspecified atom stereocenters. The Kier molecular flexibility index (Phi) is 4.18. The molecule has 0 radical (unpaired) electrons. The normalized spacial score (nSPS) is 10.6. The van der Waals surface area contributed by atoms with Gasteiger partial charge in [0, 0.05) is 10.2 Å². The maximum absolute atomic E-state index is 12.1. The third-order valence-electron chi connectivity index (χ3n) is 2.64. The molecule has 21 heavy (non-hydrogen) atoms. The average molecular weight is 428 g/mol. The van der Waals surface area contributed by atoms with Crippen molar-refractivity contribution in [1.29, 1.82) is 0 Å². The molecule has 0 atom stereocenters. The number of nitrogens with one attached hydrogen (secondary N) is 1. The van der Waals surface area contributed by atoms with Crippen LogP contribution in [0.15, 0.2) is 51.0 Å². The number of hydrogen-bond donors (Lipinski definition) is 1. The molecule has 3 rings (SSSR count). The van der Waals surface area contributed by atoms with Crippen LogP contribution >= 0.6 is 43.2 Å². The first-order chi connectivity index (χ1) is 10.1. The molecule has 0 spiro atoms. The third-order valence-corrected chi connectivity index (χ3v) is 5.90. The molecule has 1 aromatic carbocycles. The minimum atomic E-state index is -0.142. The van der Waals surface area contributed by atoms with Gasteiger partial charge in [-0.2, -0.15) is 15.0 Å². The lowest BCUT2D eigenvalue weighted by atomic mass is 10.3. The van der Waals surface area contributed by atoms with Gasteiger partial charge in [-0.3, -0.25) is 4.79 Å². The monoisotopic (exact) mass is 426 g/mol. The molecule has 5 nitrogen and oxygen atoms in total. The van der Waals surface area contributed by atoms with Crippen molar-refractivity contribution in [3.8, 4) is 5.69 Å². The first-order valence-electron chi connectivity index (χ1n) is 5.86. The highest BCUT2D eigenvalue weighted by atomic mass is 79.9. The van der Waals surface area contributed by atoms with Gasteiger partial charge >= 0.3 is 0 Å². The van der Waals surface area contributed by atoms with Gasteiger partial charge in [-0.25, -0.2) is 0 Å². The molecular weight excluding hydrogens is 420 g/mol. The second-order valence-electron chi connectivity index (χ2n) is 4.05. The smallest absolute Gasteiger partial charge is 0.265 e. The zero-order chi connectivity index (χ0) is 14.8. The second-order valence-corrected chi connectivity index (χ2v) is 7.28. The van der Waals surface area contributed by atoms with Crippen LogP contribution in [0.4, 0.5) is 5.69 Å². The van der Waals surface area contributed by atoms with E-state index in [2.05, 4.69) is 47.4 Å². The van der Waals surface area contributed by atoms with Gasteiger partial charge in [-0.1, -0.05) is 0 Å². The van der Waals surface area contributed by atoms with E-state index < -0.39 is 0 Å². The molecule has 2 aromatic heterocycles. The van der Waals surface area contributed by atoms with Gasteiger partial charge in [0.1, 0.15) is 0 Å². The van der Waals surface area contributed by atoms with Crippen molar-refractivity contribution in [2.75, 3.05) is 5.32 Å². The summed E-state index contributed by atoms with van der Waals surface area (Å²) in [6.07, 6.45) is 3.23. The summed E-state index contributed by atoms with van der Waals surface area (Å²) < 4.78 is 1.77. The van der Waals surface area contributed by atoms with Gasteiger partial charge < -0.3 is 5.32 Å². The molecule has 1 amide bonds. The van der Waals surface area contributed by atoms with E-state index in [4.69, 9.17) is 0 Å². The SMILES string of the molecule is O=C(Nc1ccc(-n2nccn2)cc1)c1cc(Br)c(Br)s1. The molecule has 0 saturated heterocycles. The number of thiophene rings is 1. The predicted octanol–water partition coefficient (Wildman–Crippen LogP) is 4.11. The topological polar surface area (TPSA) is 59.8 Å². The third kappa shape index (κ3) is 3.22. The highest BCUT2D eigenvalue weighted by Crippen LogP contribution is 2.32. The van der Waals surface area contributed by atoms with Gasteiger partial charge in [0.25, 0.3) is 5.91 Å². The number of halogens is 2. The molecule has 0 fully saturated rings. The van der Waals surface area contributed by atoms with Crippen LogP contribution in [-0.4, -0.2) is 20.9 Å². The second kappa shape index (κ2) is 6.08. The summed E-state index contributed by atoms with van der Waals surface area (Å²) in [7, 11) is 0. The summed E-state index contributed by atoms with van der Waals surface area (Å²) in [4.78, 5) is 14.3. The number of hydrogen-bond acceptors (Lipinski definition) is 4. The molecule has 0 bridgehead atoms. The Morgan fingerprint density at radius 3 is 2.38 bits per heavy atom. The Hall–Kier alpha value is -1.51. The van der Waals surface area contributed by atoms with Gasteiger partial charge in [-0.15, -0.1) is 11.3 Å². The van der Waals surface area contributed by atoms with E-state index in [9.17, 15) is 4.79 Å². The number of carbonyl (C=O) groups excluding carboxylic acids is 1. The van der Waals surface area contributed by atoms with Crippen LogP contribution in [0.2, 0.25) is 0 Å². The molecule has 8 heteroatoms. The fourth-order valence-corrected chi connectivity index (χ4v) is 3.61. The lowest BCUT2D eigenvalue weighted by Crippen LogP contribution is -2.10. The van der Waals surface area contributed by atoms with E-state index in [1.807, 2.05) is 24.3 Å². The molecule has 1 N–H and O–H groups in total. The Labute approximate surface area is 141 Å². The molecule has 2 heterocycles. The minimum Gasteiger partial charge on any atom is -0.321 e. The first kappa shape index (κ1) is 14.4. The van der Waals surface area contributed by atoms with Crippen molar-refractivity contribution in [3.05, 3.63) is 55.9 Å². The van der Waals surface area contributed by atoms with Crippen molar-refractivity contribution < 1.29 is 4.79 Å². The lowest BCUT2D eigenvalue weighted by molar-refractivity contribution is 0.103. The van der Waals surface area contributed by atoms with Gasteiger partial charge in [0.15, 0.2) is 0 Å². The summed E-state index contributed by atoms with van der Waals surface area (Å²) in [5.41, 5.74) is 1.55. The van der Waals surface area contributed by atoms with Crippen LogP contribution in [0, 0.1) is 0 Å². The van der Waals surface area contributed by atoms with Crippen LogP contribution in [0.5, 0.6) is 0 Å². The Morgan fingerprint density at radius 2 is 1.81 bits per heavy atom. The summed E-state index contributed by atoms with van der Waals surface area (Å²) in [6, 6.07) is 9.10. The van der Waals surface area contributed by atoms with Crippen LogP contribution in [0.25, 0.3) is 5.69 Å². The Bertz CT molecular complexity index is 749. The number of amides is 1. The molecular formula is C13H8Br2N4OS. The van der Waals surface area contributed by atoms with Crippen LogP contribution in [0.1, 0.15) is 9.67 Å². The van der Waals surface area contributed by atoms with Gasteiger partial charge in [-0.05, 0) is 62.2 Å². The lowest BCUT2D eigenvalue weighted by Gasteiger charge is -2.05. The predicted molar refractivity (Wildman–Crippen MR) is 89.0 cm³/mol. The largest absolute Gasteiger partial charge is 0.321 e. The van der Waals surface area contributed by atoms with Gasteiger partial charge in [0.2, 0.25) is 0 Å². The van der Waals surface area contributed by atoms with E-state index >= 15 is 0 Å². The van der Waals surface area contributed by atoms with Crippen LogP contribution < -0.4 is 5.32 Å². The quantitative estimate of drug-likeness (QED) is 0.684. The summed E-state index contributed by atoms with van der Waals surface area (Å²) in [5, 5.41) is 10.9. The number of anilines is 1. The number of carbonyl (C=O) groups is 1. The number of benzene rings is 1.